The summed E-state index contributed by atoms with van der Waals surface area (Å²) in [5.74, 6) is -0.173. The Morgan fingerprint density at radius 3 is 2.71 bits per heavy atom. The first-order valence-corrected chi connectivity index (χ1v) is 7.48. The van der Waals surface area contributed by atoms with Crippen molar-refractivity contribution >= 4 is 23.3 Å². The van der Waals surface area contributed by atoms with Crippen LogP contribution in [-0.4, -0.2) is 35.7 Å². The number of hydrogen-bond donors (Lipinski definition) is 2. The van der Waals surface area contributed by atoms with Crippen LogP contribution in [0.15, 0.2) is 18.2 Å². The van der Waals surface area contributed by atoms with Crippen molar-refractivity contribution < 1.29 is 14.3 Å². The van der Waals surface area contributed by atoms with E-state index in [2.05, 4.69) is 5.32 Å². The molecule has 6 heteroatoms. The van der Waals surface area contributed by atoms with Crippen LogP contribution in [0.2, 0.25) is 5.02 Å². The lowest BCUT2D eigenvalue weighted by Crippen LogP contribution is -2.42. The third-order valence-corrected chi connectivity index (χ3v) is 4.35. The summed E-state index contributed by atoms with van der Waals surface area (Å²) in [6.45, 7) is 0.205. The molecule has 0 saturated heterocycles. The van der Waals surface area contributed by atoms with Gasteiger partial charge in [0, 0.05) is 24.7 Å². The van der Waals surface area contributed by atoms with Crippen molar-refractivity contribution in [2.24, 2.45) is 5.92 Å². The fourth-order valence-electron chi connectivity index (χ4n) is 2.68. The van der Waals surface area contributed by atoms with Crippen LogP contribution in [0.3, 0.4) is 0 Å². The van der Waals surface area contributed by atoms with Crippen LogP contribution in [0.4, 0.5) is 14.9 Å². The first kappa shape index (κ1) is 16.0. The molecule has 0 atom stereocenters. The van der Waals surface area contributed by atoms with E-state index in [9.17, 15) is 9.18 Å². The van der Waals surface area contributed by atoms with Gasteiger partial charge < -0.3 is 15.3 Å². The Morgan fingerprint density at radius 1 is 1.43 bits per heavy atom. The number of urea groups is 1. The molecule has 21 heavy (non-hydrogen) atoms. The highest BCUT2D eigenvalue weighted by Crippen LogP contribution is 2.27. The van der Waals surface area contributed by atoms with Gasteiger partial charge in [-0.05, 0) is 49.8 Å². The zero-order chi connectivity index (χ0) is 15.4. The molecule has 0 bridgehead atoms. The highest BCUT2D eigenvalue weighted by molar-refractivity contribution is 6.30. The molecule has 1 aromatic rings. The van der Waals surface area contributed by atoms with Crippen LogP contribution >= 0.6 is 11.6 Å². The van der Waals surface area contributed by atoms with Gasteiger partial charge in [-0.3, -0.25) is 0 Å². The minimum Gasteiger partial charge on any atom is -0.396 e. The van der Waals surface area contributed by atoms with Gasteiger partial charge in [-0.1, -0.05) is 11.6 Å². The summed E-state index contributed by atoms with van der Waals surface area (Å²) in [6, 6.07) is 3.83. The standard InChI is InChI=1S/C15H20ClFN2O2/c1-19(12-5-2-10(9-20)3-6-12)15(21)18-14-8-11(16)4-7-13(14)17/h4,7-8,10,12,20H,2-3,5-6,9H2,1H3,(H,18,21). The topological polar surface area (TPSA) is 52.6 Å². The molecule has 2 rings (SSSR count). The molecule has 4 nitrogen and oxygen atoms in total. The number of amides is 2. The van der Waals surface area contributed by atoms with Gasteiger partial charge in [0.05, 0.1) is 5.69 Å². The molecule has 0 radical (unpaired) electrons. The summed E-state index contributed by atoms with van der Waals surface area (Å²) < 4.78 is 13.6. The number of aliphatic hydroxyl groups excluding tert-OH is 1. The number of rotatable bonds is 3. The Balaban J connectivity index is 1.95. The van der Waals surface area contributed by atoms with Crippen LogP contribution in [-0.2, 0) is 0 Å². The van der Waals surface area contributed by atoms with E-state index in [-0.39, 0.29) is 24.4 Å². The summed E-state index contributed by atoms with van der Waals surface area (Å²) in [6.07, 6.45) is 3.52. The predicted octanol–water partition coefficient (Wildman–Crippen LogP) is 3.49. The Kier molecular flexibility index (Phi) is 5.42. The molecule has 116 valence electrons. The summed E-state index contributed by atoms with van der Waals surface area (Å²) in [5.41, 5.74) is 0.0865. The number of anilines is 1. The van der Waals surface area contributed by atoms with Crippen LogP contribution < -0.4 is 5.32 Å². The molecule has 1 saturated carbocycles. The van der Waals surface area contributed by atoms with E-state index in [1.807, 2.05) is 0 Å². The van der Waals surface area contributed by atoms with Gasteiger partial charge in [0.25, 0.3) is 0 Å². The van der Waals surface area contributed by atoms with Gasteiger partial charge in [-0.25, -0.2) is 9.18 Å². The van der Waals surface area contributed by atoms with E-state index in [1.165, 1.54) is 18.2 Å². The van der Waals surface area contributed by atoms with Crippen LogP contribution in [0, 0.1) is 11.7 Å². The maximum Gasteiger partial charge on any atom is 0.321 e. The smallest absolute Gasteiger partial charge is 0.321 e. The van der Waals surface area contributed by atoms with Gasteiger partial charge >= 0.3 is 6.03 Å². The number of halogens is 2. The first-order valence-electron chi connectivity index (χ1n) is 7.11. The molecular weight excluding hydrogens is 295 g/mol. The van der Waals surface area contributed by atoms with Crippen molar-refractivity contribution in [1.82, 2.24) is 4.90 Å². The number of carbonyl (C=O) groups is 1. The number of carbonyl (C=O) groups excluding carboxylic acids is 1. The monoisotopic (exact) mass is 314 g/mol. The molecule has 1 fully saturated rings. The Hall–Kier alpha value is -1.33. The molecule has 0 unspecified atom stereocenters. The van der Waals surface area contributed by atoms with Gasteiger partial charge in [-0.2, -0.15) is 0 Å². The second-order valence-corrected chi connectivity index (χ2v) is 5.96. The lowest BCUT2D eigenvalue weighted by molar-refractivity contribution is 0.139. The SMILES string of the molecule is CN(C(=O)Nc1cc(Cl)ccc1F)C1CCC(CO)CC1. The lowest BCUT2D eigenvalue weighted by Gasteiger charge is -2.34. The molecule has 0 aromatic heterocycles. The minimum atomic E-state index is -0.509. The van der Waals surface area contributed by atoms with Crippen molar-refractivity contribution in [1.29, 1.82) is 0 Å². The zero-order valence-electron chi connectivity index (χ0n) is 12.0. The Morgan fingerprint density at radius 2 is 2.10 bits per heavy atom. The number of aliphatic hydroxyl groups is 1. The number of benzene rings is 1. The molecule has 1 aliphatic carbocycles. The average Bonchev–Trinajstić information content (AvgIpc) is 2.50. The normalized spacial score (nSPS) is 21.9. The summed E-state index contributed by atoms with van der Waals surface area (Å²) in [7, 11) is 1.71. The second kappa shape index (κ2) is 7.09. The van der Waals surface area contributed by atoms with Crippen molar-refractivity contribution in [3.63, 3.8) is 0 Å². The van der Waals surface area contributed by atoms with E-state index in [4.69, 9.17) is 16.7 Å². The largest absolute Gasteiger partial charge is 0.396 e. The predicted molar refractivity (Wildman–Crippen MR) is 81.0 cm³/mol. The van der Waals surface area contributed by atoms with E-state index >= 15 is 0 Å². The van der Waals surface area contributed by atoms with Crippen LogP contribution in [0.25, 0.3) is 0 Å². The molecule has 1 aliphatic rings. The Labute approximate surface area is 128 Å². The second-order valence-electron chi connectivity index (χ2n) is 5.52. The van der Waals surface area contributed by atoms with Gasteiger partial charge in [0.1, 0.15) is 5.82 Å². The summed E-state index contributed by atoms with van der Waals surface area (Å²) >= 11 is 5.81. The molecule has 2 amide bonds. The maximum atomic E-state index is 13.6. The molecule has 0 heterocycles. The quantitative estimate of drug-likeness (QED) is 0.897. The molecular formula is C15H20ClFN2O2. The van der Waals surface area contributed by atoms with Gasteiger partial charge in [0.15, 0.2) is 0 Å². The molecule has 0 spiro atoms. The van der Waals surface area contributed by atoms with Crippen molar-refractivity contribution in [3.8, 4) is 0 Å². The minimum absolute atomic E-state index is 0.0865. The fourth-order valence-corrected chi connectivity index (χ4v) is 2.85. The number of nitrogens with zero attached hydrogens (tertiary/aromatic N) is 1. The highest BCUT2D eigenvalue weighted by atomic mass is 35.5. The maximum absolute atomic E-state index is 13.6. The summed E-state index contributed by atoms with van der Waals surface area (Å²) in [5, 5.41) is 12.1. The highest BCUT2D eigenvalue weighted by Gasteiger charge is 2.26. The first-order chi connectivity index (χ1) is 10.0. The molecule has 1 aromatic carbocycles. The third-order valence-electron chi connectivity index (χ3n) is 4.11. The van der Waals surface area contributed by atoms with Crippen molar-refractivity contribution in [2.45, 2.75) is 31.7 Å². The van der Waals surface area contributed by atoms with Crippen molar-refractivity contribution in [3.05, 3.63) is 29.0 Å². The average molecular weight is 315 g/mol. The van der Waals surface area contributed by atoms with E-state index in [0.717, 1.165) is 25.7 Å². The third kappa shape index (κ3) is 4.08. The molecule has 0 aliphatic heterocycles. The molecule has 2 N–H and O–H groups in total. The summed E-state index contributed by atoms with van der Waals surface area (Å²) in [4.78, 5) is 13.8. The van der Waals surface area contributed by atoms with Gasteiger partial charge in [-0.15, -0.1) is 0 Å². The number of nitrogens with one attached hydrogen (secondary N) is 1. The zero-order valence-corrected chi connectivity index (χ0v) is 12.7. The van der Waals surface area contributed by atoms with E-state index in [0.29, 0.717) is 10.9 Å². The number of hydrogen-bond acceptors (Lipinski definition) is 2. The van der Waals surface area contributed by atoms with Crippen LogP contribution in [0.5, 0.6) is 0 Å². The lowest BCUT2D eigenvalue weighted by atomic mass is 9.86. The fraction of sp³-hybridized carbons (Fsp3) is 0.533. The van der Waals surface area contributed by atoms with E-state index in [1.54, 1.807) is 11.9 Å². The van der Waals surface area contributed by atoms with Crippen LogP contribution in [0.1, 0.15) is 25.7 Å². The van der Waals surface area contributed by atoms with Gasteiger partial charge in [0.2, 0.25) is 0 Å². The van der Waals surface area contributed by atoms with E-state index < -0.39 is 5.82 Å². The van der Waals surface area contributed by atoms with Crippen molar-refractivity contribution in [2.75, 3.05) is 19.0 Å². The Bertz CT molecular complexity index is 504.